The van der Waals surface area contributed by atoms with Crippen molar-refractivity contribution >= 4 is 18.0 Å². The fourth-order valence-electron chi connectivity index (χ4n) is 4.53. The lowest BCUT2D eigenvalue weighted by Gasteiger charge is -2.27. The van der Waals surface area contributed by atoms with Crippen LogP contribution in [0, 0.1) is 11.8 Å². The molecule has 35 heavy (non-hydrogen) atoms. The van der Waals surface area contributed by atoms with Crippen LogP contribution in [0.5, 0.6) is 0 Å². The van der Waals surface area contributed by atoms with Crippen LogP contribution >= 0.6 is 0 Å². The Hall–Kier alpha value is -3.49. The summed E-state index contributed by atoms with van der Waals surface area (Å²) in [6.07, 6.45) is 0.125. The van der Waals surface area contributed by atoms with Crippen LogP contribution in [0.15, 0.2) is 48.5 Å². The van der Waals surface area contributed by atoms with E-state index in [9.17, 15) is 23.2 Å². The Labute approximate surface area is 201 Å². The molecule has 2 aromatic rings. The Morgan fingerprint density at radius 1 is 1.00 bits per heavy atom. The number of rotatable bonds is 9. The molecule has 9 heteroatoms. The van der Waals surface area contributed by atoms with Gasteiger partial charge in [-0.05, 0) is 47.9 Å². The maximum atomic E-state index is 14.1. The van der Waals surface area contributed by atoms with Crippen molar-refractivity contribution in [1.82, 2.24) is 10.6 Å². The first-order chi connectivity index (χ1) is 16.6. The molecule has 0 aromatic heterocycles. The zero-order valence-corrected chi connectivity index (χ0v) is 19.5. The van der Waals surface area contributed by atoms with E-state index < -0.39 is 47.8 Å². The van der Waals surface area contributed by atoms with E-state index in [4.69, 9.17) is 9.84 Å². The normalized spacial score (nSPS) is 17.5. The van der Waals surface area contributed by atoms with Crippen molar-refractivity contribution in [2.75, 3.05) is 6.61 Å². The van der Waals surface area contributed by atoms with Crippen LogP contribution in [0.25, 0.3) is 11.1 Å². The van der Waals surface area contributed by atoms with Gasteiger partial charge < -0.3 is 20.5 Å². The van der Waals surface area contributed by atoms with Crippen molar-refractivity contribution in [2.24, 2.45) is 11.8 Å². The van der Waals surface area contributed by atoms with Crippen molar-refractivity contribution in [3.8, 4) is 11.1 Å². The molecule has 3 unspecified atom stereocenters. The predicted octanol–water partition coefficient (Wildman–Crippen LogP) is 4.16. The molecule has 2 amide bonds. The Morgan fingerprint density at radius 2 is 1.54 bits per heavy atom. The van der Waals surface area contributed by atoms with E-state index in [2.05, 4.69) is 10.6 Å². The van der Waals surface area contributed by atoms with Crippen molar-refractivity contribution in [1.29, 1.82) is 0 Å². The van der Waals surface area contributed by atoms with Gasteiger partial charge in [0.15, 0.2) is 0 Å². The third-order valence-electron chi connectivity index (χ3n) is 6.92. The molecule has 3 atom stereocenters. The predicted molar refractivity (Wildman–Crippen MR) is 124 cm³/mol. The SMILES string of the molecule is CC(NC(=O)OCC1c2ccccc2-c2ccccc21)C(C)C(=O)NC(C1CC1)C(F)(F)C(=O)O. The van der Waals surface area contributed by atoms with Crippen LogP contribution in [0.2, 0.25) is 0 Å². The molecule has 2 aromatic carbocycles. The number of carboxylic acid groups (broad SMARTS) is 1. The van der Waals surface area contributed by atoms with Gasteiger partial charge in [0.1, 0.15) is 12.6 Å². The van der Waals surface area contributed by atoms with E-state index in [1.165, 1.54) is 6.92 Å². The molecule has 3 N–H and O–H groups in total. The number of alkyl halides is 2. The fourth-order valence-corrected chi connectivity index (χ4v) is 4.53. The summed E-state index contributed by atoms with van der Waals surface area (Å²) >= 11 is 0. The Bertz CT molecular complexity index is 1090. The first kappa shape index (κ1) is 24.6. The number of amides is 2. The molecule has 4 rings (SSSR count). The summed E-state index contributed by atoms with van der Waals surface area (Å²) in [5.41, 5.74) is 4.32. The van der Waals surface area contributed by atoms with Gasteiger partial charge in [-0.1, -0.05) is 55.5 Å². The Kier molecular flexibility index (Phi) is 6.78. The fraction of sp³-hybridized carbons (Fsp3) is 0.423. The lowest BCUT2D eigenvalue weighted by Crippen LogP contribution is -2.56. The highest BCUT2D eigenvalue weighted by atomic mass is 19.3. The molecule has 0 aliphatic heterocycles. The van der Waals surface area contributed by atoms with Crippen molar-refractivity contribution < 1.29 is 33.0 Å². The quantitative estimate of drug-likeness (QED) is 0.494. The number of alkyl carbamates (subject to hydrolysis) is 1. The van der Waals surface area contributed by atoms with Crippen molar-refractivity contribution in [3.63, 3.8) is 0 Å². The van der Waals surface area contributed by atoms with Crippen molar-refractivity contribution in [3.05, 3.63) is 59.7 Å². The molecule has 0 bridgehead atoms. The highest BCUT2D eigenvalue weighted by molar-refractivity contribution is 5.83. The van der Waals surface area contributed by atoms with E-state index in [1.807, 2.05) is 48.5 Å². The average molecular weight is 487 g/mol. The number of fused-ring (bicyclic) bond motifs is 3. The molecular weight excluding hydrogens is 458 g/mol. The van der Waals surface area contributed by atoms with E-state index in [1.54, 1.807) is 6.92 Å². The molecule has 0 spiro atoms. The second-order valence-electron chi connectivity index (χ2n) is 9.30. The Balaban J connectivity index is 1.34. The molecule has 0 radical (unpaired) electrons. The standard InChI is InChI=1S/C26H28F2N2O5/c1-14(23(31)30-22(16-11-12-16)26(27,28)24(32)33)15(2)29-25(34)35-13-21-19-9-5-3-7-17(19)18-8-4-6-10-20(18)21/h3-10,14-16,21-22H,11-13H2,1-2H3,(H,29,34)(H,30,31)(H,32,33). The third-order valence-corrected chi connectivity index (χ3v) is 6.92. The van der Waals surface area contributed by atoms with E-state index in [0.717, 1.165) is 22.3 Å². The number of benzene rings is 2. The maximum Gasteiger partial charge on any atom is 0.407 e. The summed E-state index contributed by atoms with van der Waals surface area (Å²) in [5.74, 6) is -8.69. The van der Waals surface area contributed by atoms with Crippen LogP contribution in [0.4, 0.5) is 13.6 Å². The van der Waals surface area contributed by atoms with Gasteiger partial charge in [0.2, 0.25) is 5.91 Å². The topological polar surface area (TPSA) is 105 Å². The van der Waals surface area contributed by atoms with Crippen LogP contribution in [-0.2, 0) is 14.3 Å². The largest absolute Gasteiger partial charge is 0.477 e. The summed E-state index contributed by atoms with van der Waals surface area (Å²) in [6, 6.07) is 13.3. The molecule has 0 saturated heterocycles. The van der Waals surface area contributed by atoms with E-state index in [-0.39, 0.29) is 12.5 Å². The average Bonchev–Trinajstić information content (AvgIpc) is 3.62. The van der Waals surface area contributed by atoms with E-state index >= 15 is 0 Å². The summed E-state index contributed by atoms with van der Waals surface area (Å²) in [6.45, 7) is 3.14. The highest BCUT2D eigenvalue weighted by Gasteiger charge is 2.54. The molecule has 2 aliphatic rings. The minimum Gasteiger partial charge on any atom is -0.477 e. The molecule has 186 valence electrons. The van der Waals surface area contributed by atoms with Crippen LogP contribution in [0.1, 0.15) is 43.7 Å². The second kappa shape index (κ2) is 9.64. The van der Waals surface area contributed by atoms with Crippen LogP contribution < -0.4 is 10.6 Å². The molecule has 7 nitrogen and oxygen atoms in total. The third kappa shape index (κ3) is 4.99. The number of nitrogens with one attached hydrogen (secondary N) is 2. The van der Waals surface area contributed by atoms with Gasteiger partial charge in [0.25, 0.3) is 0 Å². The summed E-state index contributed by atoms with van der Waals surface area (Å²) in [5, 5.41) is 13.6. The van der Waals surface area contributed by atoms with Gasteiger partial charge in [-0.3, -0.25) is 4.79 Å². The number of carbonyl (C=O) groups excluding carboxylic acids is 2. The number of halogens is 2. The molecule has 1 saturated carbocycles. The smallest absolute Gasteiger partial charge is 0.407 e. The van der Waals surface area contributed by atoms with Gasteiger partial charge >= 0.3 is 18.0 Å². The number of ether oxygens (including phenoxy) is 1. The lowest BCUT2D eigenvalue weighted by atomic mass is 9.98. The highest BCUT2D eigenvalue weighted by Crippen LogP contribution is 2.44. The number of hydrogen-bond acceptors (Lipinski definition) is 4. The molecule has 0 heterocycles. The van der Waals surface area contributed by atoms with Gasteiger partial charge in [-0.2, -0.15) is 8.78 Å². The first-order valence-corrected chi connectivity index (χ1v) is 11.6. The minimum atomic E-state index is -4.07. The Morgan fingerprint density at radius 3 is 2.06 bits per heavy atom. The van der Waals surface area contributed by atoms with E-state index in [0.29, 0.717) is 12.8 Å². The van der Waals surface area contributed by atoms with Gasteiger partial charge in [0.05, 0.1) is 5.92 Å². The number of carboxylic acids is 1. The molecule has 1 fully saturated rings. The number of carbonyl (C=O) groups is 3. The van der Waals surface area contributed by atoms with Gasteiger partial charge in [0, 0.05) is 12.0 Å². The van der Waals surface area contributed by atoms with Crippen molar-refractivity contribution in [2.45, 2.75) is 50.6 Å². The van der Waals surface area contributed by atoms with Crippen LogP contribution in [-0.4, -0.2) is 47.7 Å². The van der Waals surface area contributed by atoms with Crippen LogP contribution in [0.3, 0.4) is 0 Å². The zero-order chi connectivity index (χ0) is 25.3. The van der Waals surface area contributed by atoms with Gasteiger partial charge in [-0.15, -0.1) is 0 Å². The molecular formula is C26H28F2N2O5. The summed E-state index contributed by atoms with van der Waals surface area (Å²) in [7, 11) is 0. The minimum absolute atomic E-state index is 0.0990. The number of hydrogen-bond donors (Lipinski definition) is 3. The summed E-state index contributed by atoms with van der Waals surface area (Å²) < 4.78 is 33.7. The zero-order valence-electron chi connectivity index (χ0n) is 19.5. The van der Waals surface area contributed by atoms with Gasteiger partial charge in [-0.25, -0.2) is 9.59 Å². The monoisotopic (exact) mass is 486 g/mol. The maximum absolute atomic E-state index is 14.1. The lowest BCUT2D eigenvalue weighted by molar-refractivity contribution is -0.171. The first-order valence-electron chi connectivity index (χ1n) is 11.6. The second-order valence-corrected chi connectivity index (χ2v) is 9.30. The number of aliphatic carboxylic acids is 1. The molecule has 2 aliphatic carbocycles. The summed E-state index contributed by atoms with van der Waals surface area (Å²) in [4.78, 5) is 36.1.